The lowest BCUT2D eigenvalue weighted by atomic mass is 10.0. The molecule has 0 amide bonds. The molecule has 0 fully saturated rings. The molecule has 0 saturated heterocycles. The number of nitrogens with one attached hydrogen (secondary N) is 1. The maximum atomic E-state index is 6.14. The van der Waals surface area contributed by atoms with Gasteiger partial charge >= 0.3 is 0 Å². The number of anilines is 1. The van der Waals surface area contributed by atoms with Crippen LogP contribution in [0.3, 0.4) is 0 Å². The Morgan fingerprint density at radius 2 is 2.12 bits per heavy atom. The Kier molecular flexibility index (Phi) is 5.24. The number of fused-ring (bicyclic) bond motifs is 3. The third-order valence-electron chi connectivity index (χ3n) is 6.93. The van der Waals surface area contributed by atoms with Gasteiger partial charge in [-0.05, 0) is 62.3 Å². The zero-order valence-electron chi connectivity index (χ0n) is 19.4. The lowest BCUT2D eigenvalue weighted by Crippen LogP contribution is -2.28. The zero-order chi connectivity index (χ0) is 23.1. The van der Waals surface area contributed by atoms with Gasteiger partial charge in [0.05, 0.1) is 12.1 Å². The van der Waals surface area contributed by atoms with Crippen molar-refractivity contribution >= 4 is 17.0 Å². The molecule has 6 rings (SSSR count). The number of allylic oxidation sites excluding steroid dienone is 1. The van der Waals surface area contributed by atoms with E-state index in [4.69, 9.17) is 9.72 Å². The minimum absolute atomic E-state index is 0.490. The maximum Gasteiger partial charge on any atom is 0.177 e. The first-order valence-electron chi connectivity index (χ1n) is 12.0. The van der Waals surface area contributed by atoms with Crippen molar-refractivity contribution in [3.63, 3.8) is 0 Å². The lowest BCUT2D eigenvalue weighted by Gasteiger charge is -2.24. The number of aryl methyl sites for hydroxylation is 1. The highest BCUT2D eigenvalue weighted by atomic mass is 16.5. The predicted octanol–water partition coefficient (Wildman–Crippen LogP) is 4.80. The van der Waals surface area contributed by atoms with Crippen LogP contribution in [0.25, 0.3) is 22.3 Å². The number of imidazole rings is 1. The van der Waals surface area contributed by atoms with E-state index in [1.165, 1.54) is 11.3 Å². The van der Waals surface area contributed by atoms with E-state index in [0.29, 0.717) is 12.5 Å². The molecule has 2 aliphatic rings. The van der Waals surface area contributed by atoms with Crippen molar-refractivity contribution in [2.24, 2.45) is 5.92 Å². The van der Waals surface area contributed by atoms with Crippen LogP contribution in [0.4, 0.5) is 5.82 Å². The molecule has 0 bridgehead atoms. The molecule has 7 nitrogen and oxygen atoms in total. The Morgan fingerprint density at radius 3 is 3.03 bits per heavy atom. The van der Waals surface area contributed by atoms with Crippen molar-refractivity contribution in [1.29, 1.82) is 0 Å². The molecule has 1 aliphatic carbocycles. The third-order valence-corrected chi connectivity index (χ3v) is 6.93. The molecule has 1 aliphatic heterocycles. The van der Waals surface area contributed by atoms with Gasteiger partial charge in [-0.2, -0.15) is 0 Å². The Morgan fingerprint density at radius 1 is 1.18 bits per heavy atom. The van der Waals surface area contributed by atoms with Gasteiger partial charge in [0, 0.05) is 35.1 Å². The van der Waals surface area contributed by atoms with Crippen molar-refractivity contribution in [1.82, 2.24) is 24.9 Å². The molecule has 0 spiro atoms. The number of nitrogens with zero attached hydrogens (tertiary/aromatic N) is 5. The second kappa shape index (κ2) is 8.56. The van der Waals surface area contributed by atoms with E-state index >= 15 is 0 Å². The van der Waals surface area contributed by atoms with Crippen LogP contribution in [-0.4, -0.2) is 38.1 Å². The van der Waals surface area contributed by atoms with Crippen molar-refractivity contribution in [3.05, 3.63) is 72.1 Å². The van der Waals surface area contributed by atoms with Crippen LogP contribution in [0.1, 0.15) is 35.5 Å². The summed E-state index contributed by atoms with van der Waals surface area (Å²) in [5.41, 5.74) is 7.47. The minimum atomic E-state index is 0.490. The minimum Gasteiger partial charge on any atom is -0.491 e. The lowest BCUT2D eigenvalue weighted by molar-refractivity contribution is 0.331. The fourth-order valence-electron chi connectivity index (χ4n) is 5.17. The maximum absolute atomic E-state index is 6.14. The van der Waals surface area contributed by atoms with Crippen LogP contribution in [0, 0.1) is 12.8 Å². The Bertz CT molecular complexity index is 1380. The number of aromatic nitrogens is 5. The van der Waals surface area contributed by atoms with Crippen LogP contribution < -0.4 is 9.64 Å². The number of H-pyrrole nitrogens is 1. The van der Waals surface area contributed by atoms with E-state index in [-0.39, 0.29) is 0 Å². The number of hydrogen-bond acceptors (Lipinski definition) is 6. The Labute approximate surface area is 199 Å². The van der Waals surface area contributed by atoms with Crippen LogP contribution in [0.2, 0.25) is 0 Å². The summed E-state index contributed by atoms with van der Waals surface area (Å²) < 4.78 is 6.14. The summed E-state index contributed by atoms with van der Waals surface area (Å²) in [4.78, 5) is 24.0. The molecule has 172 valence electrons. The van der Waals surface area contributed by atoms with E-state index in [1.54, 1.807) is 6.33 Å². The summed E-state index contributed by atoms with van der Waals surface area (Å²) >= 11 is 0. The molecule has 4 aromatic rings. The van der Waals surface area contributed by atoms with E-state index in [1.807, 2.05) is 13.1 Å². The first kappa shape index (κ1) is 20.8. The number of ether oxygens (including phenoxy) is 1. The zero-order valence-corrected chi connectivity index (χ0v) is 19.4. The largest absolute Gasteiger partial charge is 0.491 e. The van der Waals surface area contributed by atoms with Gasteiger partial charge < -0.3 is 14.6 Å². The van der Waals surface area contributed by atoms with Gasteiger partial charge in [0.25, 0.3) is 0 Å². The van der Waals surface area contributed by atoms with Gasteiger partial charge in [0.2, 0.25) is 0 Å². The van der Waals surface area contributed by atoms with Crippen molar-refractivity contribution < 1.29 is 4.74 Å². The number of hydrogen-bond donors (Lipinski definition) is 1. The van der Waals surface area contributed by atoms with E-state index in [2.05, 4.69) is 61.8 Å². The SMILES string of the molecule is C=C[C@H]1CCCc2c(ncnc2N2CCOc3ccc(-c4cnc5nc(C)[nH]c5c4)cc3C2)C1. The molecule has 34 heavy (non-hydrogen) atoms. The summed E-state index contributed by atoms with van der Waals surface area (Å²) in [6.45, 7) is 8.13. The molecule has 0 radical (unpaired) electrons. The second-order valence-corrected chi connectivity index (χ2v) is 9.22. The topological polar surface area (TPSA) is 79.8 Å². The summed E-state index contributed by atoms with van der Waals surface area (Å²) in [7, 11) is 0. The Hall–Kier alpha value is -3.74. The smallest absolute Gasteiger partial charge is 0.177 e. The number of aromatic amines is 1. The van der Waals surface area contributed by atoms with Gasteiger partial charge in [0.15, 0.2) is 5.65 Å². The fourth-order valence-corrected chi connectivity index (χ4v) is 5.17. The van der Waals surface area contributed by atoms with Crippen molar-refractivity contribution in [2.45, 2.75) is 39.2 Å². The van der Waals surface area contributed by atoms with E-state index in [9.17, 15) is 0 Å². The molecule has 0 unspecified atom stereocenters. The first-order chi connectivity index (χ1) is 16.7. The van der Waals surface area contributed by atoms with Gasteiger partial charge in [-0.3, -0.25) is 0 Å². The van der Waals surface area contributed by atoms with Gasteiger partial charge in [-0.1, -0.05) is 12.1 Å². The number of rotatable bonds is 3. The van der Waals surface area contributed by atoms with E-state index in [0.717, 1.165) is 84.0 Å². The molecule has 4 heterocycles. The van der Waals surface area contributed by atoms with Gasteiger partial charge in [-0.25, -0.2) is 19.9 Å². The molecule has 1 atom stereocenters. The molecule has 7 heteroatoms. The summed E-state index contributed by atoms with van der Waals surface area (Å²) in [6, 6.07) is 8.51. The van der Waals surface area contributed by atoms with Gasteiger partial charge in [0.1, 0.15) is 30.3 Å². The van der Waals surface area contributed by atoms with Crippen molar-refractivity contribution in [2.75, 3.05) is 18.1 Å². The first-order valence-corrected chi connectivity index (χ1v) is 12.0. The van der Waals surface area contributed by atoms with Crippen LogP contribution in [0.5, 0.6) is 5.75 Å². The second-order valence-electron chi connectivity index (χ2n) is 9.22. The fraction of sp³-hybridized carbons (Fsp3) is 0.333. The van der Waals surface area contributed by atoms with Gasteiger partial charge in [-0.15, -0.1) is 6.58 Å². The molecule has 1 aromatic carbocycles. The Balaban J connectivity index is 1.34. The van der Waals surface area contributed by atoms with Crippen LogP contribution in [-0.2, 0) is 19.4 Å². The summed E-state index contributed by atoms with van der Waals surface area (Å²) in [6.07, 6.45) is 9.93. The summed E-state index contributed by atoms with van der Waals surface area (Å²) in [5, 5.41) is 0. The highest BCUT2D eigenvalue weighted by Crippen LogP contribution is 2.34. The highest BCUT2D eigenvalue weighted by molar-refractivity contribution is 5.78. The van der Waals surface area contributed by atoms with Crippen LogP contribution >= 0.6 is 0 Å². The molecule has 1 N–H and O–H groups in total. The monoisotopic (exact) mass is 452 g/mol. The average Bonchev–Trinajstić information content (AvgIpc) is 3.00. The quantitative estimate of drug-likeness (QED) is 0.355. The molecule has 3 aromatic heterocycles. The van der Waals surface area contributed by atoms with E-state index < -0.39 is 0 Å². The average molecular weight is 453 g/mol. The highest BCUT2D eigenvalue weighted by Gasteiger charge is 2.24. The molecular weight excluding hydrogens is 424 g/mol. The molecular formula is C27H28N6O. The standard InChI is InChI=1S/C27H28N6O/c1-3-18-5-4-6-22-23(11-18)29-16-30-27(22)33-9-10-34-25-8-7-19(12-21(25)15-33)20-13-24-26(28-14-20)32-17(2)31-24/h3,7-8,12-14,16,18H,1,4-6,9-11,15H2,2H3,(H,28,31,32)/t18-/m0/s1. The number of pyridine rings is 1. The number of benzene rings is 1. The van der Waals surface area contributed by atoms with Crippen LogP contribution in [0.15, 0.2) is 49.4 Å². The third kappa shape index (κ3) is 3.81. The van der Waals surface area contributed by atoms with Crippen molar-refractivity contribution in [3.8, 4) is 16.9 Å². The predicted molar refractivity (Wildman–Crippen MR) is 133 cm³/mol. The summed E-state index contributed by atoms with van der Waals surface area (Å²) in [5.74, 6) is 3.34. The normalized spacial score (nSPS) is 17.9. The molecule has 0 saturated carbocycles.